The van der Waals surface area contributed by atoms with E-state index in [1.54, 1.807) is 12.1 Å². The van der Waals surface area contributed by atoms with E-state index in [0.29, 0.717) is 31.6 Å². The van der Waals surface area contributed by atoms with Crippen LogP contribution in [0.2, 0.25) is 5.02 Å². The molecule has 0 radical (unpaired) electrons. The molecule has 1 aliphatic heterocycles. The molecule has 5 nitrogen and oxygen atoms in total. The third-order valence-corrected chi connectivity index (χ3v) is 5.51. The van der Waals surface area contributed by atoms with Crippen LogP contribution in [0.25, 0.3) is 0 Å². The van der Waals surface area contributed by atoms with Crippen molar-refractivity contribution in [2.45, 2.75) is 13.0 Å². The number of carbonyl (C=O) groups is 2. The molecule has 0 bridgehead atoms. The van der Waals surface area contributed by atoms with Crippen molar-refractivity contribution in [1.29, 1.82) is 0 Å². The lowest BCUT2D eigenvalue weighted by Crippen LogP contribution is -2.48. The first kappa shape index (κ1) is 20.8. The van der Waals surface area contributed by atoms with Gasteiger partial charge in [-0.1, -0.05) is 39.7 Å². The molecule has 2 aromatic rings. The van der Waals surface area contributed by atoms with Crippen LogP contribution in [0.1, 0.15) is 22.3 Å². The fourth-order valence-electron chi connectivity index (χ4n) is 3.19. The Morgan fingerprint density at radius 3 is 2.43 bits per heavy atom. The highest BCUT2D eigenvalue weighted by Crippen LogP contribution is 2.14. The van der Waals surface area contributed by atoms with Crippen molar-refractivity contribution in [2.75, 3.05) is 32.7 Å². The van der Waals surface area contributed by atoms with Crippen LogP contribution < -0.4 is 5.32 Å². The average molecular weight is 465 g/mol. The van der Waals surface area contributed by atoms with Crippen LogP contribution in [0.3, 0.4) is 0 Å². The van der Waals surface area contributed by atoms with Crippen molar-refractivity contribution in [2.24, 2.45) is 0 Å². The van der Waals surface area contributed by atoms with E-state index in [9.17, 15) is 9.59 Å². The third-order valence-electron chi connectivity index (χ3n) is 4.75. The maximum absolute atomic E-state index is 12.4. The minimum atomic E-state index is -0.161. The number of piperazine rings is 1. The molecule has 2 amide bonds. The molecule has 2 aromatic carbocycles. The normalized spacial score (nSPS) is 14.7. The van der Waals surface area contributed by atoms with E-state index in [-0.39, 0.29) is 11.8 Å². The molecule has 148 valence electrons. The van der Waals surface area contributed by atoms with Gasteiger partial charge in [0.15, 0.2) is 0 Å². The molecule has 3 rings (SSSR count). The Labute approximate surface area is 178 Å². The Morgan fingerprint density at radius 2 is 1.75 bits per heavy atom. The summed E-state index contributed by atoms with van der Waals surface area (Å²) in [5, 5.41) is 3.56. The van der Waals surface area contributed by atoms with E-state index >= 15 is 0 Å². The van der Waals surface area contributed by atoms with E-state index in [2.05, 4.69) is 32.2 Å². The summed E-state index contributed by atoms with van der Waals surface area (Å²) in [4.78, 5) is 28.7. The van der Waals surface area contributed by atoms with Gasteiger partial charge in [0.2, 0.25) is 5.91 Å². The van der Waals surface area contributed by atoms with E-state index in [4.69, 9.17) is 11.6 Å². The summed E-state index contributed by atoms with van der Waals surface area (Å²) in [6.07, 6.45) is 0.316. The van der Waals surface area contributed by atoms with E-state index in [0.717, 1.165) is 29.1 Å². The third kappa shape index (κ3) is 6.06. The molecule has 1 aliphatic rings. The molecule has 1 N–H and O–H groups in total. The Morgan fingerprint density at radius 1 is 1.04 bits per heavy atom. The molecule has 0 aromatic heterocycles. The Balaban J connectivity index is 1.38. The predicted molar refractivity (Wildman–Crippen MR) is 114 cm³/mol. The van der Waals surface area contributed by atoms with Gasteiger partial charge in [0.25, 0.3) is 5.91 Å². The monoisotopic (exact) mass is 463 g/mol. The van der Waals surface area contributed by atoms with Crippen molar-refractivity contribution in [3.05, 3.63) is 69.2 Å². The van der Waals surface area contributed by atoms with Crippen molar-refractivity contribution >= 4 is 39.3 Å². The van der Waals surface area contributed by atoms with E-state index < -0.39 is 0 Å². The lowest BCUT2D eigenvalue weighted by Gasteiger charge is -2.34. The van der Waals surface area contributed by atoms with Crippen molar-refractivity contribution in [3.8, 4) is 0 Å². The van der Waals surface area contributed by atoms with Gasteiger partial charge in [-0.2, -0.15) is 0 Å². The first-order chi connectivity index (χ1) is 13.5. The van der Waals surface area contributed by atoms with Gasteiger partial charge in [0.1, 0.15) is 0 Å². The van der Waals surface area contributed by atoms with Crippen molar-refractivity contribution in [3.63, 3.8) is 0 Å². The lowest BCUT2D eigenvalue weighted by molar-refractivity contribution is -0.132. The van der Waals surface area contributed by atoms with Crippen molar-refractivity contribution < 1.29 is 9.59 Å². The Bertz CT molecular complexity index is 821. The topological polar surface area (TPSA) is 52.7 Å². The van der Waals surface area contributed by atoms with Crippen molar-refractivity contribution in [1.82, 2.24) is 15.1 Å². The molecular formula is C21H23BrClN3O2. The molecular weight excluding hydrogens is 442 g/mol. The maximum Gasteiger partial charge on any atom is 0.251 e. The van der Waals surface area contributed by atoms with Crippen LogP contribution in [0.15, 0.2) is 53.0 Å². The van der Waals surface area contributed by atoms with Gasteiger partial charge in [0, 0.05) is 60.7 Å². The van der Waals surface area contributed by atoms with Crippen LogP contribution >= 0.6 is 27.5 Å². The number of nitrogens with one attached hydrogen (secondary N) is 1. The summed E-state index contributed by atoms with van der Waals surface area (Å²) < 4.78 is 0.925. The number of halogens is 2. The minimum Gasteiger partial charge on any atom is -0.352 e. The number of nitrogens with zero attached hydrogens (tertiary/aromatic N) is 2. The van der Waals surface area contributed by atoms with Gasteiger partial charge in [-0.3, -0.25) is 14.5 Å². The first-order valence-electron chi connectivity index (χ1n) is 9.29. The smallest absolute Gasteiger partial charge is 0.251 e. The fraction of sp³-hybridized carbons (Fsp3) is 0.333. The Kier molecular flexibility index (Phi) is 7.48. The van der Waals surface area contributed by atoms with Gasteiger partial charge in [-0.05, 0) is 42.0 Å². The summed E-state index contributed by atoms with van der Waals surface area (Å²) in [5.74, 6) is -0.0786. The summed E-state index contributed by atoms with van der Waals surface area (Å²) in [6, 6.07) is 15.0. The van der Waals surface area contributed by atoms with Crippen LogP contribution in [0, 0.1) is 0 Å². The van der Waals surface area contributed by atoms with Crippen LogP contribution in [-0.2, 0) is 11.3 Å². The summed E-state index contributed by atoms with van der Waals surface area (Å²) in [7, 11) is 0. The molecule has 0 spiro atoms. The largest absolute Gasteiger partial charge is 0.352 e. The maximum atomic E-state index is 12.4. The van der Waals surface area contributed by atoms with Crippen LogP contribution in [-0.4, -0.2) is 54.3 Å². The second-order valence-corrected chi connectivity index (χ2v) is 8.15. The second-order valence-electron chi connectivity index (χ2n) is 6.80. The summed E-state index contributed by atoms with van der Waals surface area (Å²) >= 11 is 9.39. The summed E-state index contributed by atoms with van der Waals surface area (Å²) in [5.41, 5.74) is 1.77. The fourth-order valence-corrected chi connectivity index (χ4v) is 3.67. The number of rotatable bonds is 6. The number of amides is 2. The molecule has 0 atom stereocenters. The van der Waals surface area contributed by atoms with E-state index in [1.807, 2.05) is 35.2 Å². The number of hydrogen-bond donors (Lipinski definition) is 1. The van der Waals surface area contributed by atoms with Gasteiger partial charge in [-0.25, -0.2) is 0 Å². The first-order valence-corrected chi connectivity index (χ1v) is 10.5. The molecule has 0 aliphatic carbocycles. The highest BCUT2D eigenvalue weighted by molar-refractivity contribution is 9.10. The molecule has 28 heavy (non-hydrogen) atoms. The quantitative estimate of drug-likeness (QED) is 0.711. The molecule has 0 saturated carbocycles. The predicted octanol–water partition coefficient (Wildman–Crippen LogP) is 3.57. The highest BCUT2D eigenvalue weighted by Gasteiger charge is 2.21. The Hall–Kier alpha value is -1.89. The zero-order valence-electron chi connectivity index (χ0n) is 15.5. The molecule has 7 heteroatoms. The molecule has 1 fully saturated rings. The van der Waals surface area contributed by atoms with Gasteiger partial charge >= 0.3 is 0 Å². The standard InChI is InChI=1S/C21H23BrClN3O2/c22-18-6-4-17(5-7-18)21(28)24-9-8-20(27)26-12-10-25(11-13-26)15-16-2-1-3-19(23)14-16/h1-7,14H,8-13,15H2,(H,24,28). The molecule has 0 unspecified atom stereocenters. The average Bonchev–Trinajstić information content (AvgIpc) is 2.69. The second kappa shape index (κ2) is 10.0. The van der Waals surface area contributed by atoms with Gasteiger partial charge in [-0.15, -0.1) is 0 Å². The highest BCUT2D eigenvalue weighted by atomic mass is 79.9. The zero-order valence-corrected chi connectivity index (χ0v) is 17.9. The summed E-state index contributed by atoms with van der Waals surface area (Å²) in [6.45, 7) is 4.27. The molecule has 1 saturated heterocycles. The van der Waals surface area contributed by atoms with Gasteiger partial charge < -0.3 is 10.2 Å². The van der Waals surface area contributed by atoms with Crippen LogP contribution in [0.5, 0.6) is 0 Å². The SMILES string of the molecule is O=C(NCCC(=O)N1CCN(Cc2cccc(Cl)c2)CC1)c1ccc(Br)cc1. The minimum absolute atomic E-state index is 0.0820. The number of benzene rings is 2. The van der Waals surface area contributed by atoms with E-state index in [1.165, 1.54) is 5.56 Å². The number of carbonyl (C=O) groups excluding carboxylic acids is 2. The number of hydrogen-bond acceptors (Lipinski definition) is 3. The van der Waals surface area contributed by atoms with Gasteiger partial charge in [0.05, 0.1) is 0 Å². The van der Waals surface area contributed by atoms with Crippen LogP contribution in [0.4, 0.5) is 0 Å². The zero-order chi connectivity index (χ0) is 19.9. The lowest BCUT2D eigenvalue weighted by atomic mass is 10.2. The molecule has 1 heterocycles.